The van der Waals surface area contributed by atoms with E-state index in [1.807, 2.05) is 24.3 Å². The quantitative estimate of drug-likeness (QED) is 0.601. The fraction of sp³-hybridized carbons (Fsp3) is 0.500. The van der Waals surface area contributed by atoms with Crippen LogP contribution in [0.1, 0.15) is 0 Å². The SMILES string of the molecule is COCCN(CCOC)C(=O)COc1ccc(I)cc1. The molecule has 1 amide bonds. The van der Waals surface area contributed by atoms with Crippen molar-refractivity contribution >= 4 is 28.5 Å². The molecule has 0 atom stereocenters. The van der Waals surface area contributed by atoms with Gasteiger partial charge in [0.1, 0.15) is 5.75 Å². The van der Waals surface area contributed by atoms with E-state index in [0.29, 0.717) is 32.1 Å². The minimum atomic E-state index is -0.0716. The Labute approximate surface area is 133 Å². The van der Waals surface area contributed by atoms with Crippen LogP contribution >= 0.6 is 22.6 Å². The van der Waals surface area contributed by atoms with Crippen molar-refractivity contribution < 1.29 is 19.0 Å². The van der Waals surface area contributed by atoms with Crippen molar-refractivity contribution in [2.75, 3.05) is 47.1 Å². The van der Waals surface area contributed by atoms with Gasteiger partial charge in [0.05, 0.1) is 13.2 Å². The Balaban J connectivity index is 2.45. The highest BCUT2D eigenvalue weighted by Crippen LogP contribution is 2.13. The lowest BCUT2D eigenvalue weighted by atomic mass is 10.3. The molecule has 0 unspecified atom stereocenters. The first-order valence-corrected chi connectivity index (χ1v) is 7.39. The highest BCUT2D eigenvalue weighted by Gasteiger charge is 2.13. The van der Waals surface area contributed by atoms with E-state index in [0.717, 1.165) is 3.57 Å². The van der Waals surface area contributed by atoms with Gasteiger partial charge in [-0.1, -0.05) is 0 Å². The number of rotatable bonds is 9. The molecule has 0 saturated heterocycles. The third-order valence-electron chi connectivity index (χ3n) is 2.66. The number of methoxy groups -OCH3 is 2. The smallest absolute Gasteiger partial charge is 0.260 e. The van der Waals surface area contributed by atoms with Crippen LogP contribution < -0.4 is 4.74 Å². The van der Waals surface area contributed by atoms with Gasteiger partial charge >= 0.3 is 0 Å². The van der Waals surface area contributed by atoms with E-state index in [-0.39, 0.29) is 12.5 Å². The van der Waals surface area contributed by atoms with Gasteiger partial charge in [-0.25, -0.2) is 0 Å². The molecule has 1 aromatic carbocycles. The van der Waals surface area contributed by atoms with E-state index in [2.05, 4.69) is 22.6 Å². The van der Waals surface area contributed by atoms with Crippen LogP contribution in [0.3, 0.4) is 0 Å². The number of carbonyl (C=O) groups is 1. The molecule has 0 heterocycles. The topological polar surface area (TPSA) is 48.0 Å². The lowest BCUT2D eigenvalue weighted by Crippen LogP contribution is -2.39. The standard InChI is InChI=1S/C14H20INO4/c1-18-9-7-16(8-10-19-2)14(17)11-20-13-5-3-12(15)4-6-13/h3-6H,7-11H2,1-2H3. The molecule has 0 aliphatic heterocycles. The molecule has 0 fully saturated rings. The largest absolute Gasteiger partial charge is 0.484 e. The Morgan fingerprint density at radius 1 is 1.10 bits per heavy atom. The molecule has 0 saturated carbocycles. The van der Waals surface area contributed by atoms with Crippen LogP contribution in [0.25, 0.3) is 0 Å². The summed E-state index contributed by atoms with van der Waals surface area (Å²) in [6.07, 6.45) is 0. The second-order valence-electron chi connectivity index (χ2n) is 4.11. The van der Waals surface area contributed by atoms with E-state index >= 15 is 0 Å². The van der Waals surface area contributed by atoms with E-state index in [1.165, 1.54) is 0 Å². The first kappa shape index (κ1) is 17.2. The van der Waals surface area contributed by atoms with Crippen LogP contribution in [-0.2, 0) is 14.3 Å². The number of carbonyl (C=O) groups excluding carboxylic acids is 1. The van der Waals surface area contributed by atoms with Crippen LogP contribution in [0.4, 0.5) is 0 Å². The molecule has 20 heavy (non-hydrogen) atoms. The first-order valence-electron chi connectivity index (χ1n) is 6.31. The van der Waals surface area contributed by atoms with Crippen molar-refractivity contribution in [1.82, 2.24) is 4.90 Å². The van der Waals surface area contributed by atoms with Crippen LogP contribution in [-0.4, -0.2) is 57.9 Å². The van der Waals surface area contributed by atoms with E-state index < -0.39 is 0 Å². The van der Waals surface area contributed by atoms with Crippen molar-refractivity contribution in [3.63, 3.8) is 0 Å². The first-order chi connectivity index (χ1) is 9.67. The summed E-state index contributed by atoms with van der Waals surface area (Å²) >= 11 is 2.22. The van der Waals surface area contributed by atoms with E-state index in [4.69, 9.17) is 14.2 Å². The average Bonchev–Trinajstić information content (AvgIpc) is 2.46. The van der Waals surface area contributed by atoms with Gasteiger partial charge in [0.25, 0.3) is 5.91 Å². The second kappa shape index (κ2) is 9.95. The van der Waals surface area contributed by atoms with Crippen molar-refractivity contribution in [2.24, 2.45) is 0 Å². The number of benzene rings is 1. The Morgan fingerprint density at radius 2 is 1.65 bits per heavy atom. The Kier molecular flexibility index (Phi) is 8.56. The molecule has 0 aliphatic carbocycles. The molecule has 0 aromatic heterocycles. The van der Waals surface area contributed by atoms with E-state index in [1.54, 1.807) is 19.1 Å². The van der Waals surface area contributed by atoms with Gasteiger partial charge in [0.2, 0.25) is 0 Å². The van der Waals surface area contributed by atoms with Gasteiger partial charge in [0.15, 0.2) is 6.61 Å². The van der Waals surface area contributed by atoms with Crippen LogP contribution in [0.15, 0.2) is 24.3 Å². The molecule has 0 N–H and O–H groups in total. The molecule has 1 rings (SSSR count). The van der Waals surface area contributed by atoms with Crippen molar-refractivity contribution in [3.05, 3.63) is 27.8 Å². The zero-order chi connectivity index (χ0) is 14.8. The van der Waals surface area contributed by atoms with Gasteiger partial charge in [-0.2, -0.15) is 0 Å². The molecule has 0 spiro atoms. The molecule has 0 aliphatic rings. The number of nitrogens with zero attached hydrogens (tertiary/aromatic N) is 1. The molecule has 5 nitrogen and oxygen atoms in total. The van der Waals surface area contributed by atoms with E-state index in [9.17, 15) is 4.79 Å². The maximum Gasteiger partial charge on any atom is 0.260 e. The summed E-state index contributed by atoms with van der Waals surface area (Å²) < 4.78 is 16.6. The number of amides is 1. The molecular weight excluding hydrogens is 373 g/mol. The third-order valence-corrected chi connectivity index (χ3v) is 3.38. The zero-order valence-corrected chi connectivity index (χ0v) is 14.0. The summed E-state index contributed by atoms with van der Waals surface area (Å²) in [6.45, 7) is 2.09. The molecule has 112 valence electrons. The zero-order valence-electron chi connectivity index (χ0n) is 11.8. The minimum Gasteiger partial charge on any atom is -0.484 e. The predicted octanol–water partition coefficient (Wildman–Crippen LogP) is 1.79. The van der Waals surface area contributed by atoms with Crippen LogP contribution in [0.2, 0.25) is 0 Å². The summed E-state index contributed by atoms with van der Waals surface area (Å²) in [4.78, 5) is 13.8. The summed E-state index contributed by atoms with van der Waals surface area (Å²) in [6, 6.07) is 7.58. The lowest BCUT2D eigenvalue weighted by Gasteiger charge is -2.22. The molecule has 0 bridgehead atoms. The normalized spacial score (nSPS) is 10.3. The molecule has 0 radical (unpaired) electrons. The van der Waals surface area contributed by atoms with Crippen LogP contribution in [0, 0.1) is 3.57 Å². The van der Waals surface area contributed by atoms with Gasteiger partial charge in [-0.3, -0.25) is 4.79 Å². The number of halogens is 1. The van der Waals surface area contributed by atoms with Crippen LogP contribution in [0.5, 0.6) is 5.75 Å². The summed E-state index contributed by atoms with van der Waals surface area (Å²) in [7, 11) is 3.22. The highest BCUT2D eigenvalue weighted by molar-refractivity contribution is 14.1. The Bertz CT molecular complexity index is 389. The van der Waals surface area contributed by atoms with Gasteiger partial charge in [-0.05, 0) is 46.9 Å². The fourth-order valence-electron chi connectivity index (χ4n) is 1.53. The summed E-state index contributed by atoms with van der Waals surface area (Å²) in [5.41, 5.74) is 0. The van der Waals surface area contributed by atoms with Gasteiger partial charge in [0, 0.05) is 30.9 Å². The minimum absolute atomic E-state index is 0.0218. The monoisotopic (exact) mass is 393 g/mol. The fourth-order valence-corrected chi connectivity index (χ4v) is 1.89. The van der Waals surface area contributed by atoms with Crippen molar-refractivity contribution in [3.8, 4) is 5.75 Å². The highest BCUT2D eigenvalue weighted by atomic mass is 127. The predicted molar refractivity (Wildman–Crippen MR) is 85.0 cm³/mol. The molecular formula is C14H20INO4. The number of ether oxygens (including phenoxy) is 3. The number of hydrogen-bond acceptors (Lipinski definition) is 4. The van der Waals surface area contributed by atoms with Crippen molar-refractivity contribution in [2.45, 2.75) is 0 Å². The lowest BCUT2D eigenvalue weighted by molar-refractivity contribution is -0.134. The summed E-state index contributed by atoms with van der Waals surface area (Å²) in [5, 5.41) is 0. The second-order valence-corrected chi connectivity index (χ2v) is 5.35. The van der Waals surface area contributed by atoms with Gasteiger partial charge in [-0.15, -0.1) is 0 Å². The Hall–Kier alpha value is -0.860. The third kappa shape index (κ3) is 6.53. The maximum absolute atomic E-state index is 12.1. The van der Waals surface area contributed by atoms with Crippen molar-refractivity contribution in [1.29, 1.82) is 0 Å². The Morgan fingerprint density at radius 3 is 2.15 bits per heavy atom. The number of hydrogen-bond donors (Lipinski definition) is 0. The average molecular weight is 393 g/mol. The maximum atomic E-state index is 12.1. The summed E-state index contributed by atoms with van der Waals surface area (Å²) in [5.74, 6) is 0.620. The molecule has 1 aromatic rings. The molecule has 6 heteroatoms. The van der Waals surface area contributed by atoms with Gasteiger partial charge < -0.3 is 19.1 Å².